The van der Waals surface area contributed by atoms with E-state index in [1.165, 1.54) is 24.3 Å². The maximum Gasteiger partial charge on any atom is 0.167 e. The van der Waals surface area contributed by atoms with Crippen LogP contribution in [0.2, 0.25) is 0 Å². The van der Waals surface area contributed by atoms with Crippen molar-refractivity contribution in [3.63, 3.8) is 0 Å². The lowest BCUT2D eigenvalue weighted by Crippen LogP contribution is -2.25. The van der Waals surface area contributed by atoms with Crippen molar-refractivity contribution in [2.24, 2.45) is 5.92 Å². The molecule has 0 saturated carbocycles. The summed E-state index contributed by atoms with van der Waals surface area (Å²) in [5.74, 6) is -2.20. The molecule has 0 aromatic heterocycles. The van der Waals surface area contributed by atoms with Gasteiger partial charge in [0.25, 0.3) is 0 Å². The zero-order valence-electron chi connectivity index (χ0n) is 16.1. The molecule has 0 radical (unpaired) electrons. The van der Waals surface area contributed by atoms with E-state index in [-0.39, 0.29) is 28.4 Å². The Balaban J connectivity index is 1.78. The van der Waals surface area contributed by atoms with Gasteiger partial charge in [0.15, 0.2) is 23.2 Å². The summed E-state index contributed by atoms with van der Waals surface area (Å²) in [6.07, 6.45) is 0.946. The molecule has 152 valence electrons. The minimum atomic E-state index is -0.999. The smallest absolute Gasteiger partial charge is 0.167 e. The number of ether oxygens (including phenoxy) is 3. The Morgan fingerprint density at radius 3 is 2.46 bits per heavy atom. The molecular formula is C22H25F3O3. The maximum absolute atomic E-state index is 14.7. The normalized spacial score (nSPS) is 19.6. The third-order valence-corrected chi connectivity index (χ3v) is 4.93. The Kier molecular flexibility index (Phi) is 6.97. The highest BCUT2D eigenvalue weighted by molar-refractivity contribution is 5.66. The Labute approximate surface area is 163 Å². The van der Waals surface area contributed by atoms with Crippen LogP contribution in [0.3, 0.4) is 0 Å². The molecule has 0 amide bonds. The van der Waals surface area contributed by atoms with Gasteiger partial charge in [-0.05, 0) is 44.4 Å². The standard InChI is InChI=1S/C22H25F3O3/c1-3-26-12-14-5-9-19(28-13-14)17-8-7-16(21(24)22(17)25)15-6-10-20(27-4-2)18(23)11-15/h6-8,10-11,14,19H,3-5,9,12-13H2,1-2H3. The van der Waals surface area contributed by atoms with E-state index in [0.29, 0.717) is 32.8 Å². The molecule has 0 spiro atoms. The Morgan fingerprint density at radius 1 is 1.00 bits per heavy atom. The Bertz CT molecular complexity index is 802. The number of halogens is 3. The molecule has 2 atom stereocenters. The summed E-state index contributed by atoms with van der Waals surface area (Å²) in [5, 5.41) is 0. The van der Waals surface area contributed by atoms with Crippen molar-refractivity contribution in [2.75, 3.05) is 26.4 Å². The summed E-state index contributed by atoms with van der Waals surface area (Å²) in [6.45, 7) is 5.71. The molecule has 2 aromatic carbocycles. The molecule has 1 aliphatic heterocycles. The van der Waals surface area contributed by atoms with Crippen LogP contribution in [0.25, 0.3) is 11.1 Å². The van der Waals surface area contributed by atoms with Gasteiger partial charge in [0.2, 0.25) is 0 Å². The molecule has 0 bridgehead atoms. The van der Waals surface area contributed by atoms with E-state index in [4.69, 9.17) is 14.2 Å². The third kappa shape index (κ3) is 4.50. The fraction of sp³-hybridized carbons (Fsp3) is 0.455. The van der Waals surface area contributed by atoms with Crippen LogP contribution in [-0.4, -0.2) is 26.4 Å². The zero-order valence-corrected chi connectivity index (χ0v) is 16.1. The van der Waals surface area contributed by atoms with Gasteiger partial charge < -0.3 is 14.2 Å². The molecule has 0 aliphatic carbocycles. The summed E-state index contributed by atoms with van der Waals surface area (Å²) in [4.78, 5) is 0. The number of hydrogen-bond acceptors (Lipinski definition) is 3. The summed E-state index contributed by atoms with van der Waals surface area (Å²) in [7, 11) is 0. The minimum Gasteiger partial charge on any atom is -0.491 e. The van der Waals surface area contributed by atoms with Crippen molar-refractivity contribution >= 4 is 0 Å². The highest BCUT2D eigenvalue weighted by Gasteiger charge is 2.27. The van der Waals surface area contributed by atoms with Gasteiger partial charge >= 0.3 is 0 Å². The second-order valence-electron chi connectivity index (χ2n) is 6.83. The lowest BCUT2D eigenvalue weighted by atomic mass is 9.93. The fourth-order valence-corrected chi connectivity index (χ4v) is 3.44. The van der Waals surface area contributed by atoms with Gasteiger partial charge in [0, 0.05) is 23.7 Å². The average molecular weight is 394 g/mol. The van der Waals surface area contributed by atoms with Crippen LogP contribution in [-0.2, 0) is 9.47 Å². The van der Waals surface area contributed by atoms with Crippen LogP contribution in [0.5, 0.6) is 5.75 Å². The van der Waals surface area contributed by atoms with Gasteiger partial charge in [-0.2, -0.15) is 0 Å². The van der Waals surface area contributed by atoms with E-state index in [9.17, 15) is 13.2 Å². The van der Waals surface area contributed by atoms with Crippen molar-refractivity contribution in [3.05, 3.63) is 53.3 Å². The predicted molar refractivity (Wildman–Crippen MR) is 101 cm³/mol. The molecule has 1 heterocycles. The van der Waals surface area contributed by atoms with Crippen molar-refractivity contribution in [1.29, 1.82) is 0 Å². The topological polar surface area (TPSA) is 27.7 Å². The quantitative estimate of drug-likeness (QED) is 0.605. The first-order valence-corrected chi connectivity index (χ1v) is 9.65. The van der Waals surface area contributed by atoms with Crippen LogP contribution in [0, 0.1) is 23.4 Å². The van der Waals surface area contributed by atoms with E-state index in [2.05, 4.69) is 0 Å². The van der Waals surface area contributed by atoms with Crippen LogP contribution < -0.4 is 4.74 Å². The maximum atomic E-state index is 14.7. The van der Waals surface area contributed by atoms with E-state index in [1.54, 1.807) is 6.92 Å². The summed E-state index contributed by atoms with van der Waals surface area (Å²) in [6, 6.07) is 7.08. The lowest BCUT2D eigenvalue weighted by molar-refractivity contribution is -0.0435. The first-order valence-electron chi connectivity index (χ1n) is 9.65. The van der Waals surface area contributed by atoms with E-state index in [0.717, 1.165) is 12.5 Å². The fourth-order valence-electron chi connectivity index (χ4n) is 3.44. The van der Waals surface area contributed by atoms with Crippen molar-refractivity contribution in [1.82, 2.24) is 0 Å². The summed E-state index contributed by atoms with van der Waals surface area (Å²) in [5.41, 5.74) is 0.459. The second-order valence-corrected chi connectivity index (χ2v) is 6.83. The monoisotopic (exact) mass is 394 g/mol. The number of hydrogen-bond donors (Lipinski definition) is 0. The van der Waals surface area contributed by atoms with Gasteiger partial charge in [-0.1, -0.05) is 18.2 Å². The molecular weight excluding hydrogens is 369 g/mol. The molecule has 6 heteroatoms. The molecule has 0 N–H and O–H groups in total. The van der Waals surface area contributed by atoms with E-state index in [1.807, 2.05) is 6.92 Å². The zero-order chi connectivity index (χ0) is 20.1. The van der Waals surface area contributed by atoms with Crippen LogP contribution in [0.1, 0.15) is 38.4 Å². The molecule has 28 heavy (non-hydrogen) atoms. The molecule has 1 aliphatic rings. The van der Waals surface area contributed by atoms with Crippen molar-refractivity contribution in [3.8, 4) is 16.9 Å². The summed E-state index contributed by atoms with van der Waals surface area (Å²) >= 11 is 0. The first kappa shape index (κ1) is 20.7. The molecule has 3 nitrogen and oxygen atoms in total. The van der Waals surface area contributed by atoms with E-state index < -0.39 is 23.6 Å². The molecule has 2 unspecified atom stereocenters. The van der Waals surface area contributed by atoms with Crippen molar-refractivity contribution < 1.29 is 27.4 Å². The first-order chi connectivity index (χ1) is 13.5. The Morgan fingerprint density at radius 2 is 1.82 bits per heavy atom. The van der Waals surface area contributed by atoms with Crippen LogP contribution in [0.15, 0.2) is 30.3 Å². The SMILES string of the molecule is CCOCC1CCC(c2ccc(-c3ccc(OCC)c(F)c3)c(F)c2F)OC1. The van der Waals surface area contributed by atoms with Gasteiger partial charge in [-0.25, -0.2) is 13.2 Å². The average Bonchev–Trinajstić information content (AvgIpc) is 2.71. The molecule has 1 fully saturated rings. The van der Waals surface area contributed by atoms with Crippen LogP contribution >= 0.6 is 0 Å². The summed E-state index contributed by atoms with van der Waals surface area (Å²) < 4.78 is 59.8. The molecule has 2 aromatic rings. The number of rotatable bonds is 7. The predicted octanol–water partition coefficient (Wildman–Crippen LogP) is 5.67. The molecule has 1 saturated heterocycles. The van der Waals surface area contributed by atoms with Crippen LogP contribution in [0.4, 0.5) is 13.2 Å². The van der Waals surface area contributed by atoms with Gasteiger partial charge in [-0.3, -0.25) is 0 Å². The Hall–Kier alpha value is -2.05. The highest BCUT2D eigenvalue weighted by Crippen LogP contribution is 2.36. The highest BCUT2D eigenvalue weighted by atomic mass is 19.2. The largest absolute Gasteiger partial charge is 0.491 e. The number of benzene rings is 2. The minimum absolute atomic E-state index is 0.00762. The molecule has 3 rings (SSSR count). The lowest BCUT2D eigenvalue weighted by Gasteiger charge is -2.29. The van der Waals surface area contributed by atoms with Gasteiger partial charge in [-0.15, -0.1) is 0 Å². The van der Waals surface area contributed by atoms with Gasteiger partial charge in [0.1, 0.15) is 0 Å². The third-order valence-electron chi connectivity index (χ3n) is 4.93. The second kappa shape index (κ2) is 9.43. The van der Waals surface area contributed by atoms with Crippen molar-refractivity contribution in [2.45, 2.75) is 32.8 Å². The van der Waals surface area contributed by atoms with E-state index >= 15 is 0 Å². The van der Waals surface area contributed by atoms with Gasteiger partial charge in [0.05, 0.1) is 25.9 Å².